The summed E-state index contributed by atoms with van der Waals surface area (Å²) in [5, 5.41) is 18.6. The summed E-state index contributed by atoms with van der Waals surface area (Å²) in [6.45, 7) is 6.45. The number of hydroxylamine groups is 2. The highest BCUT2D eigenvalue weighted by molar-refractivity contribution is 6.24. The Bertz CT molecular complexity index is 1330. The summed E-state index contributed by atoms with van der Waals surface area (Å²) in [6.07, 6.45) is 0.995. The van der Waals surface area contributed by atoms with E-state index in [4.69, 9.17) is 10.5 Å². The van der Waals surface area contributed by atoms with Crippen molar-refractivity contribution in [1.82, 2.24) is 15.7 Å². The molecule has 10 heteroatoms. The normalized spacial score (nSPS) is 13.9. The van der Waals surface area contributed by atoms with Crippen LogP contribution in [-0.4, -0.2) is 66.7 Å². The molecule has 3 amide bonds. The van der Waals surface area contributed by atoms with E-state index >= 15 is 0 Å². The van der Waals surface area contributed by atoms with Gasteiger partial charge in [0.2, 0.25) is 17.7 Å². The molecule has 0 heterocycles. The van der Waals surface area contributed by atoms with Crippen LogP contribution < -0.4 is 16.4 Å². The van der Waals surface area contributed by atoms with Crippen molar-refractivity contribution in [3.05, 3.63) is 108 Å². The lowest BCUT2D eigenvalue weighted by molar-refractivity contribution is -0.134. The molecule has 1 radical (unpaired) electrons. The minimum Gasteiger partial charge on any atom is -0.392 e. The minimum absolute atomic E-state index is 0.0796. The number of carbonyl (C=O) groups excluding carboxylic acids is 3. The number of hydrogen-bond donors (Lipinski definition) is 4. The van der Waals surface area contributed by atoms with Crippen LogP contribution in [0.15, 0.2) is 91.0 Å². The Labute approximate surface area is 274 Å². The maximum atomic E-state index is 13.9. The van der Waals surface area contributed by atoms with E-state index in [0.717, 1.165) is 23.1 Å². The molecule has 0 saturated carbocycles. The van der Waals surface area contributed by atoms with Crippen LogP contribution in [0.2, 0.25) is 6.82 Å². The largest absolute Gasteiger partial charge is 0.392 e. The van der Waals surface area contributed by atoms with E-state index in [2.05, 4.69) is 10.6 Å². The predicted molar refractivity (Wildman–Crippen MR) is 181 cm³/mol. The lowest BCUT2D eigenvalue weighted by Crippen LogP contribution is -2.55. The molecule has 0 aliphatic rings. The second-order valence-electron chi connectivity index (χ2n) is 12.1. The molecule has 3 rings (SSSR count). The van der Waals surface area contributed by atoms with E-state index < -0.39 is 35.9 Å². The number of nitrogens with two attached hydrogens (primary N) is 1. The monoisotopic (exact) mass is 627 g/mol. The number of rotatable bonds is 20. The van der Waals surface area contributed by atoms with Crippen molar-refractivity contribution in [1.29, 1.82) is 0 Å². The van der Waals surface area contributed by atoms with Gasteiger partial charge in [0.25, 0.3) is 0 Å². The van der Waals surface area contributed by atoms with Gasteiger partial charge in [0.05, 0.1) is 6.10 Å². The van der Waals surface area contributed by atoms with Crippen LogP contribution in [0.1, 0.15) is 43.4 Å². The van der Waals surface area contributed by atoms with Crippen LogP contribution in [0.25, 0.3) is 0 Å². The number of benzene rings is 3. The highest BCUT2D eigenvalue weighted by Crippen LogP contribution is 2.18. The van der Waals surface area contributed by atoms with Gasteiger partial charge in [-0.25, -0.2) is 5.06 Å². The van der Waals surface area contributed by atoms with Crippen molar-refractivity contribution in [2.45, 2.75) is 71.0 Å². The zero-order valence-corrected chi connectivity index (χ0v) is 27.2. The molecule has 0 fully saturated rings. The van der Waals surface area contributed by atoms with Crippen molar-refractivity contribution in [2.24, 2.45) is 17.6 Å². The van der Waals surface area contributed by atoms with E-state index in [-0.39, 0.29) is 31.2 Å². The fraction of sp³-hybridized carbons (Fsp3) is 0.417. The molecule has 0 saturated heterocycles. The molecule has 0 aliphatic carbocycles. The Balaban J connectivity index is 1.72. The standard InChI is InChI=1S/C36H48BN4O5/c1-26(2)21-33(36(45)39-32(34(38)43)23-29-17-11-6-12-18-29)40-35(44)30(22-28-15-9-5-10-16-28)24-31(42)25-41(46-37-3)20-19-27-13-7-4-8-14-27/h4-18,26,30-33,42H,19-25H2,1-3H3,(H2,38,43)(H,39,45)(H,40,44)/t30-,31?,32+,33+/m1/s1. The number of aliphatic hydroxyl groups excluding tert-OH is 1. The highest BCUT2D eigenvalue weighted by atomic mass is 16.6. The molecule has 0 aliphatic heterocycles. The maximum absolute atomic E-state index is 13.9. The zero-order valence-electron chi connectivity index (χ0n) is 27.2. The molecule has 3 aromatic rings. The summed E-state index contributed by atoms with van der Waals surface area (Å²) >= 11 is 0. The maximum Gasteiger partial charge on any atom is 0.321 e. The fourth-order valence-electron chi connectivity index (χ4n) is 5.39. The first-order chi connectivity index (χ1) is 22.1. The fourth-order valence-corrected chi connectivity index (χ4v) is 5.39. The van der Waals surface area contributed by atoms with Gasteiger partial charge in [-0.1, -0.05) is 112 Å². The van der Waals surface area contributed by atoms with Gasteiger partial charge in [-0.2, -0.15) is 0 Å². The van der Waals surface area contributed by atoms with Gasteiger partial charge in [-0.3, -0.25) is 14.4 Å². The van der Waals surface area contributed by atoms with Gasteiger partial charge in [-0.15, -0.1) is 0 Å². The summed E-state index contributed by atoms with van der Waals surface area (Å²) in [5.74, 6) is -2.02. The van der Waals surface area contributed by atoms with Crippen LogP contribution >= 0.6 is 0 Å². The van der Waals surface area contributed by atoms with E-state index in [9.17, 15) is 19.5 Å². The van der Waals surface area contributed by atoms with Crippen molar-refractivity contribution in [3.63, 3.8) is 0 Å². The third-order valence-corrected chi connectivity index (χ3v) is 7.70. The van der Waals surface area contributed by atoms with E-state index in [1.807, 2.05) is 105 Å². The molecular formula is C36H48BN4O5. The topological polar surface area (TPSA) is 134 Å². The Morgan fingerprint density at radius 3 is 1.83 bits per heavy atom. The molecular weight excluding hydrogens is 579 g/mol. The predicted octanol–water partition coefficient (Wildman–Crippen LogP) is 3.48. The molecule has 0 aromatic heterocycles. The second kappa shape index (κ2) is 19.5. The summed E-state index contributed by atoms with van der Waals surface area (Å²) in [6, 6.07) is 27.1. The number of amides is 3. The Hall–Kier alpha value is -3.99. The molecule has 3 aromatic carbocycles. The van der Waals surface area contributed by atoms with Crippen molar-refractivity contribution in [3.8, 4) is 0 Å². The van der Waals surface area contributed by atoms with Gasteiger partial charge < -0.3 is 26.2 Å². The number of carbonyl (C=O) groups is 3. The number of aliphatic hydroxyl groups is 1. The molecule has 5 N–H and O–H groups in total. The molecule has 9 nitrogen and oxygen atoms in total. The van der Waals surface area contributed by atoms with Crippen LogP contribution in [0.5, 0.6) is 0 Å². The van der Waals surface area contributed by atoms with Gasteiger partial charge >= 0.3 is 7.48 Å². The van der Waals surface area contributed by atoms with Crippen LogP contribution in [0.4, 0.5) is 0 Å². The molecule has 1 unspecified atom stereocenters. The molecule has 46 heavy (non-hydrogen) atoms. The summed E-state index contributed by atoms with van der Waals surface area (Å²) in [5.41, 5.74) is 8.60. The molecule has 0 bridgehead atoms. The molecule has 245 valence electrons. The van der Waals surface area contributed by atoms with Crippen LogP contribution in [0, 0.1) is 11.8 Å². The number of primary amides is 1. The van der Waals surface area contributed by atoms with Crippen LogP contribution in [0.3, 0.4) is 0 Å². The van der Waals surface area contributed by atoms with Gasteiger partial charge in [0, 0.05) is 25.4 Å². The van der Waals surface area contributed by atoms with Gasteiger partial charge in [-0.05, 0) is 48.3 Å². The smallest absolute Gasteiger partial charge is 0.321 e. The average Bonchev–Trinajstić information content (AvgIpc) is 3.04. The van der Waals surface area contributed by atoms with E-state index in [1.54, 1.807) is 19.4 Å². The van der Waals surface area contributed by atoms with Crippen molar-refractivity contribution < 1.29 is 24.2 Å². The number of hydrogen-bond acceptors (Lipinski definition) is 6. The lowest BCUT2D eigenvalue weighted by atomic mass is 9.91. The Morgan fingerprint density at radius 1 is 0.783 bits per heavy atom. The van der Waals surface area contributed by atoms with Crippen molar-refractivity contribution >= 4 is 25.2 Å². The average molecular weight is 628 g/mol. The summed E-state index contributed by atoms with van der Waals surface area (Å²) in [4.78, 5) is 39.7. The lowest BCUT2D eigenvalue weighted by Gasteiger charge is -2.28. The zero-order chi connectivity index (χ0) is 33.3. The second-order valence-corrected chi connectivity index (χ2v) is 12.1. The first-order valence-corrected chi connectivity index (χ1v) is 16.0. The quantitative estimate of drug-likeness (QED) is 0.112. The third kappa shape index (κ3) is 13.2. The number of nitrogens with zero attached hydrogens (tertiary/aromatic N) is 1. The summed E-state index contributed by atoms with van der Waals surface area (Å²) < 4.78 is 5.69. The first kappa shape index (κ1) is 36.5. The van der Waals surface area contributed by atoms with E-state index in [0.29, 0.717) is 19.4 Å². The SMILES string of the molecule is C[B]ON(CCc1ccccc1)CC(O)C[C@@H](Cc1ccccc1)C(=O)N[C@@H](CC(C)C)C(=O)N[C@@H](Cc1ccccc1)C(N)=O. The molecule has 4 atom stereocenters. The highest BCUT2D eigenvalue weighted by Gasteiger charge is 2.30. The summed E-state index contributed by atoms with van der Waals surface area (Å²) in [7, 11) is 1.57. The Morgan fingerprint density at radius 2 is 1.30 bits per heavy atom. The Kier molecular flexibility index (Phi) is 15.5. The minimum atomic E-state index is -0.930. The van der Waals surface area contributed by atoms with Crippen molar-refractivity contribution in [2.75, 3.05) is 13.1 Å². The van der Waals surface area contributed by atoms with Gasteiger partial charge in [0.15, 0.2) is 0 Å². The van der Waals surface area contributed by atoms with E-state index in [1.165, 1.54) is 0 Å². The van der Waals surface area contributed by atoms with Crippen LogP contribution in [-0.2, 0) is 38.4 Å². The first-order valence-electron chi connectivity index (χ1n) is 16.0. The molecule has 0 spiro atoms. The number of nitrogens with one attached hydrogen (secondary N) is 2. The third-order valence-electron chi connectivity index (χ3n) is 7.70. The van der Waals surface area contributed by atoms with Gasteiger partial charge in [0.1, 0.15) is 12.1 Å².